The van der Waals surface area contributed by atoms with Crippen molar-refractivity contribution >= 4 is 5.82 Å². The van der Waals surface area contributed by atoms with E-state index in [-0.39, 0.29) is 11.9 Å². The van der Waals surface area contributed by atoms with Crippen molar-refractivity contribution in [2.45, 2.75) is 25.8 Å². The van der Waals surface area contributed by atoms with E-state index in [1.54, 1.807) is 12.3 Å². The van der Waals surface area contributed by atoms with Crippen molar-refractivity contribution in [2.75, 3.05) is 11.9 Å². The van der Waals surface area contributed by atoms with E-state index in [0.717, 1.165) is 12.8 Å². The highest BCUT2D eigenvalue weighted by Crippen LogP contribution is 2.11. The molecule has 0 aliphatic rings. The van der Waals surface area contributed by atoms with Crippen LogP contribution in [-0.2, 0) is 0 Å². The van der Waals surface area contributed by atoms with Crippen LogP contribution >= 0.6 is 0 Å². The van der Waals surface area contributed by atoms with Crippen molar-refractivity contribution in [1.82, 2.24) is 4.98 Å². The summed E-state index contributed by atoms with van der Waals surface area (Å²) < 4.78 is 13.1. The molecule has 0 spiro atoms. The molecule has 1 atom stereocenters. The van der Waals surface area contributed by atoms with E-state index in [1.807, 2.05) is 6.92 Å². The Labute approximate surface area is 83.5 Å². The molecular formula is C10H16FN3. The van der Waals surface area contributed by atoms with Crippen LogP contribution in [0.2, 0.25) is 0 Å². The Morgan fingerprint density at radius 2 is 2.43 bits per heavy atom. The number of nitrogens with two attached hydrogens (primary N) is 1. The summed E-state index contributed by atoms with van der Waals surface area (Å²) in [6.07, 6.45) is 3.43. The molecule has 0 aromatic carbocycles. The number of nitrogens with one attached hydrogen (secondary N) is 1. The standard InChI is InChI=1S/C10H16FN3/c1-8(4-2-6-12)14-10-9(11)5-3-7-13-10/h3,5,7-8H,2,4,6,12H2,1H3,(H,13,14). The zero-order valence-electron chi connectivity index (χ0n) is 8.33. The van der Waals surface area contributed by atoms with Gasteiger partial charge in [-0.15, -0.1) is 0 Å². The van der Waals surface area contributed by atoms with Gasteiger partial charge in [0.2, 0.25) is 0 Å². The van der Waals surface area contributed by atoms with Crippen LogP contribution < -0.4 is 11.1 Å². The summed E-state index contributed by atoms with van der Waals surface area (Å²) in [6.45, 7) is 2.65. The maximum Gasteiger partial charge on any atom is 0.165 e. The second-order valence-corrected chi connectivity index (χ2v) is 3.31. The van der Waals surface area contributed by atoms with Crippen molar-refractivity contribution in [2.24, 2.45) is 5.73 Å². The second-order valence-electron chi connectivity index (χ2n) is 3.31. The minimum atomic E-state index is -0.313. The van der Waals surface area contributed by atoms with Crippen LogP contribution in [0.5, 0.6) is 0 Å². The van der Waals surface area contributed by atoms with E-state index in [9.17, 15) is 4.39 Å². The highest BCUT2D eigenvalue weighted by molar-refractivity contribution is 5.36. The molecule has 0 saturated heterocycles. The molecule has 1 aromatic rings. The lowest BCUT2D eigenvalue weighted by Gasteiger charge is -2.13. The van der Waals surface area contributed by atoms with Gasteiger partial charge in [0, 0.05) is 12.2 Å². The van der Waals surface area contributed by atoms with Gasteiger partial charge in [0.1, 0.15) is 0 Å². The summed E-state index contributed by atoms with van der Waals surface area (Å²) >= 11 is 0. The molecule has 0 fully saturated rings. The minimum absolute atomic E-state index is 0.197. The Morgan fingerprint density at radius 1 is 1.64 bits per heavy atom. The molecule has 1 heterocycles. The molecule has 1 aromatic heterocycles. The Bertz CT molecular complexity index is 278. The third-order valence-electron chi connectivity index (χ3n) is 1.98. The Hall–Kier alpha value is -1.16. The molecule has 3 nitrogen and oxygen atoms in total. The van der Waals surface area contributed by atoms with Gasteiger partial charge in [-0.25, -0.2) is 9.37 Å². The molecule has 4 heteroatoms. The van der Waals surface area contributed by atoms with Crippen LogP contribution in [-0.4, -0.2) is 17.6 Å². The van der Waals surface area contributed by atoms with Gasteiger partial charge in [0.15, 0.2) is 11.6 Å². The summed E-state index contributed by atoms with van der Waals surface area (Å²) in [7, 11) is 0. The SMILES string of the molecule is CC(CCCN)Nc1ncccc1F. The first kappa shape index (κ1) is 10.9. The number of pyridine rings is 1. The molecule has 3 N–H and O–H groups in total. The molecular weight excluding hydrogens is 181 g/mol. The lowest BCUT2D eigenvalue weighted by molar-refractivity contribution is 0.610. The van der Waals surface area contributed by atoms with Crippen molar-refractivity contribution in [3.63, 3.8) is 0 Å². The van der Waals surface area contributed by atoms with Gasteiger partial charge in [0.05, 0.1) is 0 Å². The first-order valence-corrected chi connectivity index (χ1v) is 4.81. The quantitative estimate of drug-likeness (QED) is 0.756. The fourth-order valence-corrected chi connectivity index (χ4v) is 1.22. The Balaban J connectivity index is 2.47. The maximum absolute atomic E-state index is 13.1. The van der Waals surface area contributed by atoms with Crippen molar-refractivity contribution in [3.8, 4) is 0 Å². The first-order chi connectivity index (χ1) is 6.74. The molecule has 78 valence electrons. The molecule has 0 aliphatic heterocycles. The van der Waals surface area contributed by atoms with Gasteiger partial charge in [0.25, 0.3) is 0 Å². The van der Waals surface area contributed by atoms with E-state index >= 15 is 0 Å². The molecule has 1 rings (SSSR count). The van der Waals surface area contributed by atoms with E-state index < -0.39 is 0 Å². The third kappa shape index (κ3) is 3.30. The van der Waals surface area contributed by atoms with E-state index in [2.05, 4.69) is 10.3 Å². The van der Waals surface area contributed by atoms with Crippen LogP contribution in [0.15, 0.2) is 18.3 Å². The molecule has 1 unspecified atom stereocenters. The monoisotopic (exact) mass is 197 g/mol. The van der Waals surface area contributed by atoms with Crippen molar-refractivity contribution in [1.29, 1.82) is 0 Å². The van der Waals surface area contributed by atoms with E-state index in [4.69, 9.17) is 5.73 Å². The predicted molar refractivity (Wildman–Crippen MR) is 55.6 cm³/mol. The average molecular weight is 197 g/mol. The van der Waals surface area contributed by atoms with Gasteiger partial charge in [-0.2, -0.15) is 0 Å². The van der Waals surface area contributed by atoms with Crippen LogP contribution in [0.25, 0.3) is 0 Å². The molecule has 14 heavy (non-hydrogen) atoms. The second kappa shape index (κ2) is 5.54. The maximum atomic E-state index is 13.1. The predicted octanol–water partition coefficient (Wildman–Crippen LogP) is 1.76. The van der Waals surface area contributed by atoms with Gasteiger partial charge in [-0.1, -0.05) is 0 Å². The third-order valence-corrected chi connectivity index (χ3v) is 1.98. The molecule has 0 amide bonds. The average Bonchev–Trinajstić information content (AvgIpc) is 2.18. The number of hydrogen-bond acceptors (Lipinski definition) is 3. The fourth-order valence-electron chi connectivity index (χ4n) is 1.22. The first-order valence-electron chi connectivity index (χ1n) is 4.81. The highest BCUT2D eigenvalue weighted by atomic mass is 19.1. The largest absolute Gasteiger partial charge is 0.365 e. The van der Waals surface area contributed by atoms with E-state index in [1.165, 1.54) is 6.07 Å². The molecule has 0 saturated carbocycles. The lowest BCUT2D eigenvalue weighted by atomic mass is 10.2. The molecule has 0 aliphatic carbocycles. The topological polar surface area (TPSA) is 50.9 Å². The van der Waals surface area contributed by atoms with Crippen LogP contribution in [0.1, 0.15) is 19.8 Å². The molecule has 0 bridgehead atoms. The Morgan fingerprint density at radius 3 is 3.07 bits per heavy atom. The number of nitrogens with zero attached hydrogens (tertiary/aromatic N) is 1. The van der Waals surface area contributed by atoms with Crippen LogP contribution in [0.3, 0.4) is 0 Å². The van der Waals surface area contributed by atoms with Crippen LogP contribution in [0, 0.1) is 5.82 Å². The zero-order chi connectivity index (χ0) is 10.4. The van der Waals surface area contributed by atoms with Gasteiger partial charge >= 0.3 is 0 Å². The number of halogens is 1. The normalized spacial score (nSPS) is 12.5. The van der Waals surface area contributed by atoms with Gasteiger partial charge in [-0.05, 0) is 38.4 Å². The Kier molecular flexibility index (Phi) is 4.32. The van der Waals surface area contributed by atoms with Crippen molar-refractivity contribution < 1.29 is 4.39 Å². The highest BCUT2D eigenvalue weighted by Gasteiger charge is 2.05. The van der Waals surface area contributed by atoms with Gasteiger partial charge in [-0.3, -0.25) is 0 Å². The lowest BCUT2D eigenvalue weighted by Crippen LogP contribution is -2.18. The van der Waals surface area contributed by atoms with Crippen LogP contribution in [0.4, 0.5) is 10.2 Å². The van der Waals surface area contributed by atoms with Crippen molar-refractivity contribution in [3.05, 3.63) is 24.1 Å². The fraction of sp³-hybridized carbons (Fsp3) is 0.500. The number of anilines is 1. The summed E-state index contributed by atoms with van der Waals surface area (Å²) in [5, 5.41) is 3.00. The van der Waals surface area contributed by atoms with E-state index in [0.29, 0.717) is 12.4 Å². The number of rotatable bonds is 5. The molecule has 0 radical (unpaired) electrons. The summed E-state index contributed by atoms with van der Waals surface area (Å²) in [5.41, 5.74) is 5.38. The summed E-state index contributed by atoms with van der Waals surface area (Å²) in [5.74, 6) is 0.00381. The summed E-state index contributed by atoms with van der Waals surface area (Å²) in [4.78, 5) is 3.91. The minimum Gasteiger partial charge on any atom is -0.365 e. The smallest absolute Gasteiger partial charge is 0.165 e. The zero-order valence-corrected chi connectivity index (χ0v) is 8.33. The summed E-state index contributed by atoms with van der Waals surface area (Å²) in [6, 6.07) is 3.17. The van der Waals surface area contributed by atoms with Gasteiger partial charge < -0.3 is 11.1 Å². The number of hydrogen-bond donors (Lipinski definition) is 2. The number of aromatic nitrogens is 1.